The van der Waals surface area contributed by atoms with Gasteiger partial charge in [0.2, 0.25) is 0 Å². The molecule has 0 bridgehead atoms. The fourth-order valence-electron chi connectivity index (χ4n) is 2.12. The zero-order valence-electron chi connectivity index (χ0n) is 9.21. The fourth-order valence-corrected chi connectivity index (χ4v) is 2.12. The number of nitrogen functional groups attached to an aromatic ring is 1. The Labute approximate surface area is 99.6 Å². The predicted molar refractivity (Wildman–Crippen MR) is 60.8 cm³/mol. The molecule has 1 aromatic carbocycles. The molecule has 2 aromatic rings. The normalized spacial score (nSPS) is 15.3. The molecule has 18 heavy (non-hydrogen) atoms. The van der Waals surface area contributed by atoms with E-state index in [1.807, 2.05) is 0 Å². The third-order valence-electron chi connectivity index (χ3n) is 3.17. The number of rotatable bonds is 1. The first kappa shape index (κ1) is 11.1. The van der Waals surface area contributed by atoms with E-state index < -0.39 is 28.6 Å². The maximum absolute atomic E-state index is 13.8. The van der Waals surface area contributed by atoms with Gasteiger partial charge < -0.3 is 10.3 Å². The molecule has 94 valence electrons. The standard InChI is InChI=1S/C12H9F3N2O/c13-8-9(14)11(16)7-6(18)3-4-17(5-1-2-5)12(7)10(8)15/h3-5H,1-2,16H2. The molecule has 6 heteroatoms. The Morgan fingerprint density at radius 1 is 1.17 bits per heavy atom. The fraction of sp³-hybridized carbons (Fsp3) is 0.250. The van der Waals surface area contributed by atoms with Crippen molar-refractivity contribution in [2.75, 3.05) is 5.73 Å². The lowest BCUT2D eigenvalue weighted by Crippen LogP contribution is -2.14. The number of halogens is 3. The van der Waals surface area contributed by atoms with Crippen molar-refractivity contribution in [3.05, 3.63) is 39.9 Å². The molecule has 1 aromatic heterocycles. The summed E-state index contributed by atoms with van der Waals surface area (Å²) in [7, 11) is 0. The van der Waals surface area contributed by atoms with E-state index in [4.69, 9.17) is 5.73 Å². The van der Waals surface area contributed by atoms with Crippen LogP contribution in [0.2, 0.25) is 0 Å². The number of nitrogens with two attached hydrogens (primary N) is 1. The molecule has 3 rings (SSSR count). The minimum atomic E-state index is -1.64. The minimum Gasteiger partial charge on any atom is -0.396 e. The second-order valence-corrected chi connectivity index (χ2v) is 4.40. The third kappa shape index (κ3) is 1.35. The van der Waals surface area contributed by atoms with Gasteiger partial charge in [0.05, 0.1) is 16.6 Å². The molecule has 0 saturated heterocycles. The Bertz CT molecular complexity index is 720. The maximum atomic E-state index is 13.8. The van der Waals surface area contributed by atoms with Crippen LogP contribution in [-0.2, 0) is 0 Å². The lowest BCUT2D eigenvalue weighted by molar-refractivity contribution is 0.452. The number of hydrogen-bond acceptors (Lipinski definition) is 2. The Kier molecular flexibility index (Phi) is 2.17. The summed E-state index contributed by atoms with van der Waals surface area (Å²) in [6.45, 7) is 0. The highest BCUT2D eigenvalue weighted by Crippen LogP contribution is 2.38. The molecule has 3 nitrogen and oxygen atoms in total. The van der Waals surface area contributed by atoms with E-state index in [1.54, 1.807) is 0 Å². The van der Waals surface area contributed by atoms with Crippen LogP contribution in [0.3, 0.4) is 0 Å². The second kappa shape index (κ2) is 3.51. The van der Waals surface area contributed by atoms with E-state index in [0.717, 1.165) is 12.8 Å². The molecule has 0 unspecified atom stereocenters. The summed E-state index contributed by atoms with van der Waals surface area (Å²) in [4.78, 5) is 11.7. The smallest absolute Gasteiger partial charge is 0.198 e. The number of aromatic nitrogens is 1. The maximum Gasteiger partial charge on any atom is 0.198 e. The summed E-state index contributed by atoms with van der Waals surface area (Å²) in [6, 6.07) is 1.21. The van der Waals surface area contributed by atoms with Crippen LogP contribution >= 0.6 is 0 Å². The van der Waals surface area contributed by atoms with Crippen LogP contribution < -0.4 is 11.2 Å². The molecule has 0 amide bonds. The number of pyridine rings is 1. The van der Waals surface area contributed by atoms with E-state index in [-0.39, 0.29) is 16.9 Å². The van der Waals surface area contributed by atoms with Crippen molar-refractivity contribution in [3.63, 3.8) is 0 Å². The monoisotopic (exact) mass is 254 g/mol. The molecule has 0 radical (unpaired) electrons. The molecule has 1 heterocycles. The van der Waals surface area contributed by atoms with E-state index in [2.05, 4.69) is 0 Å². The van der Waals surface area contributed by atoms with Gasteiger partial charge in [-0.25, -0.2) is 13.2 Å². The molecule has 1 aliphatic carbocycles. The first-order valence-corrected chi connectivity index (χ1v) is 5.49. The largest absolute Gasteiger partial charge is 0.396 e. The van der Waals surface area contributed by atoms with Crippen molar-refractivity contribution in [1.82, 2.24) is 4.57 Å². The van der Waals surface area contributed by atoms with Crippen molar-refractivity contribution in [3.8, 4) is 0 Å². The van der Waals surface area contributed by atoms with Gasteiger partial charge in [0.15, 0.2) is 22.9 Å². The van der Waals surface area contributed by atoms with Gasteiger partial charge in [-0.1, -0.05) is 0 Å². The first-order chi connectivity index (χ1) is 8.52. The Balaban J connectivity index is 2.56. The Morgan fingerprint density at radius 2 is 1.83 bits per heavy atom. The summed E-state index contributed by atoms with van der Waals surface area (Å²) >= 11 is 0. The third-order valence-corrected chi connectivity index (χ3v) is 3.17. The molecule has 0 atom stereocenters. The highest BCUT2D eigenvalue weighted by atomic mass is 19.2. The van der Waals surface area contributed by atoms with Gasteiger partial charge in [-0.3, -0.25) is 4.79 Å². The minimum absolute atomic E-state index is 0.0202. The highest BCUT2D eigenvalue weighted by molar-refractivity contribution is 5.91. The van der Waals surface area contributed by atoms with Crippen molar-refractivity contribution in [1.29, 1.82) is 0 Å². The molecular weight excluding hydrogens is 245 g/mol. The summed E-state index contributed by atoms with van der Waals surface area (Å²) in [6.07, 6.45) is 3.02. The van der Waals surface area contributed by atoms with Crippen molar-refractivity contribution in [2.45, 2.75) is 18.9 Å². The van der Waals surface area contributed by atoms with Crippen LogP contribution in [0.25, 0.3) is 10.9 Å². The summed E-state index contributed by atoms with van der Waals surface area (Å²) < 4.78 is 42.0. The Hall–Kier alpha value is -1.98. The van der Waals surface area contributed by atoms with Gasteiger partial charge in [-0.15, -0.1) is 0 Å². The van der Waals surface area contributed by atoms with E-state index in [9.17, 15) is 18.0 Å². The average Bonchev–Trinajstić information content (AvgIpc) is 3.17. The molecule has 0 aliphatic heterocycles. The lowest BCUT2D eigenvalue weighted by Gasteiger charge is -2.12. The first-order valence-electron chi connectivity index (χ1n) is 5.49. The number of hydrogen-bond donors (Lipinski definition) is 1. The van der Waals surface area contributed by atoms with Gasteiger partial charge in [0.25, 0.3) is 0 Å². The lowest BCUT2D eigenvalue weighted by atomic mass is 10.1. The number of anilines is 1. The van der Waals surface area contributed by atoms with Crippen LogP contribution in [0.15, 0.2) is 17.1 Å². The second-order valence-electron chi connectivity index (χ2n) is 4.40. The highest BCUT2D eigenvalue weighted by Gasteiger charge is 2.29. The average molecular weight is 254 g/mol. The number of benzene rings is 1. The van der Waals surface area contributed by atoms with E-state index in [1.165, 1.54) is 16.8 Å². The SMILES string of the molecule is Nc1c(F)c(F)c(F)c2c1c(=O)ccn2C1CC1. The van der Waals surface area contributed by atoms with Crippen LogP contribution in [-0.4, -0.2) is 4.57 Å². The summed E-state index contributed by atoms with van der Waals surface area (Å²) in [5, 5.41) is -0.291. The van der Waals surface area contributed by atoms with Gasteiger partial charge >= 0.3 is 0 Å². The van der Waals surface area contributed by atoms with Gasteiger partial charge in [-0.2, -0.15) is 0 Å². The number of nitrogens with zero attached hydrogens (tertiary/aromatic N) is 1. The Morgan fingerprint density at radius 3 is 2.44 bits per heavy atom. The van der Waals surface area contributed by atoms with Gasteiger partial charge in [0, 0.05) is 18.3 Å². The van der Waals surface area contributed by atoms with E-state index >= 15 is 0 Å². The zero-order chi connectivity index (χ0) is 13.0. The summed E-state index contributed by atoms with van der Waals surface area (Å²) in [5.41, 5.74) is 3.89. The quantitative estimate of drug-likeness (QED) is 0.627. The molecule has 1 fully saturated rings. The van der Waals surface area contributed by atoms with Crippen molar-refractivity contribution >= 4 is 16.6 Å². The van der Waals surface area contributed by atoms with Crippen LogP contribution in [0.4, 0.5) is 18.9 Å². The molecule has 2 N–H and O–H groups in total. The van der Waals surface area contributed by atoms with E-state index in [0.29, 0.717) is 0 Å². The number of fused-ring (bicyclic) bond motifs is 1. The molecule has 1 saturated carbocycles. The van der Waals surface area contributed by atoms with Crippen molar-refractivity contribution < 1.29 is 13.2 Å². The van der Waals surface area contributed by atoms with Crippen molar-refractivity contribution in [2.24, 2.45) is 0 Å². The van der Waals surface area contributed by atoms with Gasteiger partial charge in [0.1, 0.15) is 0 Å². The molecule has 0 spiro atoms. The topological polar surface area (TPSA) is 48.0 Å². The predicted octanol–water partition coefficient (Wildman–Crippen LogP) is 2.34. The van der Waals surface area contributed by atoms with Crippen LogP contribution in [0.5, 0.6) is 0 Å². The van der Waals surface area contributed by atoms with Crippen LogP contribution in [0, 0.1) is 17.5 Å². The van der Waals surface area contributed by atoms with Gasteiger partial charge in [-0.05, 0) is 12.8 Å². The van der Waals surface area contributed by atoms with Crippen LogP contribution in [0.1, 0.15) is 18.9 Å². The molecular formula is C12H9F3N2O. The molecule has 1 aliphatic rings. The zero-order valence-corrected chi connectivity index (χ0v) is 9.21. The summed E-state index contributed by atoms with van der Waals surface area (Å²) in [5.74, 6) is -4.51.